The second-order valence-corrected chi connectivity index (χ2v) is 5.17. The second kappa shape index (κ2) is 7.70. The van der Waals surface area contributed by atoms with Gasteiger partial charge >= 0.3 is 5.97 Å². The zero-order chi connectivity index (χ0) is 17.7. The number of halogens is 1. The first-order valence-corrected chi connectivity index (χ1v) is 7.49. The molecule has 24 heavy (non-hydrogen) atoms. The summed E-state index contributed by atoms with van der Waals surface area (Å²) >= 11 is 6.02. The highest BCUT2D eigenvalue weighted by Crippen LogP contribution is 2.34. The maximum absolute atomic E-state index is 12.4. The number of ether oxygens (including phenoxy) is 2. The summed E-state index contributed by atoms with van der Waals surface area (Å²) < 4.78 is 10.5. The quantitative estimate of drug-likeness (QED) is 0.830. The zero-order valence-electron chi connectivity index (χ0n) is 13.1. The minimum absolute atomic E-state index is 0.0563. The standard InChI is InChI=1S/C17H16ClNO5/c1-3-24-12-6-4-5-10(7-12)16(20)19-14-9-11(17(21)22)8-13(18)15(14)23-2/h4-9H,3H2,1-2H3,(H,19,20)(H,21,22). The van der Waals surface area contributed by atoms with Crippen molar-refractivity contribution in [2.45, 2.75) is 6.92 Å². The van der Waals surface area contributed by atoms with Crippen LogP contribution in [-0.2, 0) is 0 Å². The molecule has 2 aromatic rings. The van der Waals surface area contributed by atoms with E-state index >= 15 is 0 Å². The number of methoxy groups -OCH3 is 1. The van der Waals surface area contributed by atoms with E-state index in [2.05, 4.69) is 5.32 Å². The maximum Gasteiger partial charge on any atom is 0.335 e. The Morgan fingerprint density at radius 3 is 2.58 bits per heavy atom. The van der Waals surface area contributed by atoms with Crippen molar-refractivity contribution in [3.8, 4) is 11.5 Å². The van der Waals surface area contributed by atoms with Gasteiger partial charge in [-0.3, -0.25) is 4.79 Å². The molecule has 0 spiro atoms. The van der Waals surface area contributed by atoms with Gasteiger partial charge in [-0.25, -0.2) is 4.79 Å². The van der Waals surface area contributed by atoms with Crippen molar-refractivity contribution in [3.05, 3.63) is 52.5 Å². The van der Waals surface area contributed by atoms with Crippen molar-refractivity contribution < 1.29 is 24.2 Å². The molecule has 0 aliphatic heterocycles. The molecule has 0 fully saturated rings. The Morgan fingerprint density at radius 2 is 1.96 bits per heavy atom. The van der Waals surface area contributed by atoms with Crippen molar-refractivity contribution in [1.82, 2.24) is 0 Å². The summed E-state index contributed by atoms with van der Waals surface area (Å²) in [6.07, 6.45) is 0. The number of nitrogens with one attached hydrogen (secondary N) is 1. The van der Waals surface area contributed by atoms with Crippen LogP contribution in [0.1, 0.15) is 27.6 Å². The molecule has 2 rings (SSSR count). The molecule has 126 valence electrons. The number of hydrogen-bond donors (Lipinski definition) is 2. The van der Waals surface area contributed by atoms with E-state index in [1.807, 2.05) is 6.92 Å². The Balaban J connectivity index is 2.34. The van der Waals surface area contributed by atoms with Crippen molar-refractivity contribution >= 4 is 29.2 Å². The summed E-state index contributed by atoms with van der Waals surface area (Å²) in [6.45, 7) is 2.33. The van der Waals surface area contributed by atoms with Crippen LogP contribution in [0.25, 0.3) is 0 Å². The summed E-state index contributed by atoms with van der Waals surface area (Å²) in [6, 6.07) is 9.19. The molecule has 6 nitrogen and oxygen atoms in total. The largest absolute Gasteiger partial charge is 0.494 e. The SMILES string of the molecule is CCOc1cccc(C(=O)Nc2cc(C(=O)O)cc(Cl)c2OC)c1. The van der Waals surface area contributed by atoms with Crippen molar-refractivity contribution in [1.29, 1.82) is 0 Å². The summed E-state index contributed by atoms with van der Waals surface area (Å²) in [4.78, 5) is 23.6. The predicted molar refractivity (Wildman–Crippen MR) is 90.5 cm³/mol. The fourth-order valence-electron chi connectivity index (χ4n) is 2.11. The molecule has 7 heteroatoms. The van der Waals surface area contributed by atoms with Gasteiger partial charge in [0.2, 0.25) is 0 Å². The number of carboxylic acids is 1. The Kier molecular flexibility index (Phi) is 5.65. The molecule has 0 saturated carbocycles. The van der Waals surface area contributed by atoms with Crippen LogP contribution in [0.2, 0.25) is 5.02 Å². The van der Waals surface area contributed by atoms with Crippen LogP contribution in [0.4, 0.5) is 5.69 Å². The Morgan fingerprint density at radius 1 is 1.21 bits per heavy atom. The minimum atomic E-state index is -1.16. The van der Waals surface area contributed by atoms with Gasteiger partial charge in [0, 0.05) is 5.56 Å². The number of carbonyl (C=O) groups excluding carboxylic acids is 1. The van der Waals surface area contributed by atoms with E-state index < -0.39 is 11.9 Å². The van der Waals surface area contributed by atoms with Gasteiger partial charge in [-0.1, -0.05) is 17.7 Å². The van der Waals surface area contributed by atoms with E-state index in [9.17, 15) is 9.59 Å². The normalized spacial score (nSPS) is 10.1. The highest BCUT2D eigenvalue weighted by molar-refractivity contribution is 6.33. The van der Waals surface area contributed by atoms with Crippen LogP contribution in [0.5, 0.6) is 11.5 Å². The fourth-order valence-corrected chi connectivity index (χ4v) is 2.40. The number of hydrogen-bond acceptors (Lipinski definition) is 4. The number of amides is 1. The number of carbonyl (C=O) groups is 2. The molecular weight excluding hydrogens is 334 g/mol. The third kappa shape index (κ3) is 3.97. The molecule has 0 saturated heterocycles. The molecular formula is C17H16ClNO5. The van der Waals surface area contributed by atoms with Crippen LogP contribution in [0.15, 0.2) is 36.4 Å². The summed E-state index contributed by atoms with van der Waals surface area (Å²) in [5.41, 5.74) is 0.480. The first-order chi connectivity index (χ1) is 11.5. The lowest BCUT2D eigenvalue weighted by molar-refractivity contribution is 0.0696. The smallest absolute Gasteiger partial charge is 0.335 e. The average molecular weight is 350 g/mol. The van der Waals surface area contributed by atoms with Crippen LogP contribution >= 0.6 is 11.6 Å². The molecule has 0 heterocycles. The molecule has 2 N–H and O–H groups in total. The lowest BCUT2D eigenvalue weighted by Gasteiger charge is -2.13. The van der Waals surface area contributed by atoms with E-state index in [1.165, 1.54) is 19.2 Å². The van der Waals surface area contributed by atoms with E-state index in [0.717, 1.165) is 0 Å². The maximum atomic E-state index is 12.4. The van der Waals surface area contributed by atoms with Crippen LogP contribution in [0.3, 0.4) is 0 Å². The molecule has 0 aliphatic carbocycles. The van der Waals surface area contributed by atoms with E-state index in [1.54, 1.807) is 24.3 Å². The third-order valence-corrected chi connectivity index (χ3v) is 3.43. The van der Waals surface area contributed by atoms with Gasteiger partial charge in [0.25, 0.3) is 5.91 Å². The molecule has 0 radical (unpaired) electrons. The summed E-state index contributed by atoms with van der Waals surface area (Å²) in [5, 5.41) is 11.8. The van der Waals surface area contributed by atoms with Gasteiger partial charge < -0.3 is 19.9 Å². The number of rotatable bonds is 6. The molecule has 0 atom stereocenters. The monoisotopic (exact) mass is 349 g/mol. The first-order valence-electron chi connectivity index (χ1n) is 7.11. The highest BCUT2D eigenvalue weighted by atomic mass is 35.5. The third-order valence-electron chi connectivity index (χ3n) is 3.15. The van der Waals surface area contributed by atoms with Gasteiger partial charge in [0.1, 0.15) is 5.75 Å². The van der Waals surface area contributed by atoms with E-state index in [0.29, 0.717) is 17.9 Å². The fraction of sp³-hybridized carbons (Fsp3) is 0.176. The average Bonchev–Trinajstić information content (AvgIpc) is 2.55. The number of carboxylic acid groups (broad SMARTS) is 1. The topological polar surface area (TPSA) is 84.9 Å². The molecule has 0 unspecified atom stereocenters. The number of anilines is 1. The number of aromatic carboxylic acids is 1. The van der Waals surface area contributed by atoms with Crippen molar-refractivity contribution in [2.75, 3.05) is 19.0 Å². The van der Waals surface area contributed by atoms with E-state index in [4.69, 9.17) is 26.2 Å². The minimum Gasteiger partial charge on any atom is -0.494 e. The van der Waals surface area contributed by atoms with Gasteiger partial charge in [-0.15, -0.1) is 0 Å². The van der Waals surface area contributed by atoms with Crippen molar-refractivity contribution in [2.24, 2.45) is 0 Å². The van der Waals surface area contributed by atoms with Gasteiger partial charge in [-0.2, -0.15) is 0 Å². The van der Waals surface area contributed by atoms with Gasteiger partial charge in [-0.05, 0) is 37.3 Å². The summed E-state index contributed by atoms with van der Waals surface area (Å²) in [5.74, 6) is -0.840. The second-order valence-electron chi connectivity index (χ2n) is 4.76. The Labute approximate surface area is 144 Å². The van der Waals surface area contributed by atoms with Gasteiger partial charge in [0.05, 0.1) is 30.0 Å². The van der Waals surface area contributed by atoms with Gasteiger partial charge in [0.15, 0.2) is 5.75 Å². The Hall–Kier alpha value is -2.73. The summed E-state index contributed by atoms with van der Waals surface area (Å²) in [7, 11) is 1.38. The Bertz CT molecular complexity index is 776. The molecule has 0 aromatic heterocycles. The van der Waals surface area contributed by atoms with Crippen molar-refractivity contribution in [3.63, 3.8) is 0 Å². The molecule has 1 amide bonds. The lowest BCUT2D eigenvalue weighted by Crippen LogP contribution is -2.13. The predicted octanol–water partition coefficient (Wildman–Crippen LogP) is 3.70. The first kappa shape index (κ1) is 17.6. The van der Waals surface area contributed by atoms with Crippen LogP contribution in [-0.4, -0.2) is 30.7 Å². The van der Waals surface area contributed by atoms with E-state index in [-0.39, 0.29) is 22.0 Å². The van der Waals surface area contributed by atoms with Crippen LogP contribution < -0.4 is 14.8 Å². The van der Waals surface area contributed by atoms with Crippen LogP contribution in [0, 0.1) is 0 Å². The highest BCUT2D eigenvalue weighted by Gasteiger charge is 2.17. The molecule has 2 aromatic carbocycles. The number of benzene rings is 2. The molecule has 0 aliphatic rings. The lowest BCUT2D eigenvalue weighted by atomic mass is 10.1. The zero-order valence-corrected chi connectivity index (χ0v) is 13.9. The molecule has 0 bridgehead atoms.